The summed E-state index contributed by atoms with van der Waals surface area (Å²) in [5.74, 6) is 1.82. The summed E-state index contributed by atoms with van der Waals surface area (Å²) in [6.07, 6.45) is 2.68. The minimum absolute atomic E-state index is 0.304. The molecule has 0 fully saturated rings. The maximum absolute atomic E-state index is 5.72. The lowest BCUT2D eigenvalue weighted by Gasteiger charge is -2.25. The van der Waals surface area contributed by atoms with Gasteiger partial charge in [-0.15, -0.1) is 0 Å². The SMILES string of the molecule is C=C(CC)OC(=CC)C(C)(C)c1cc(N)on1. The first kappa shape index (κ1) is 13.4. The Kier molecular flexibility index (Phi) is 3.99. The number of rotatable bonds is 5. The Hall–Kier alpha value is -1.71. The lowest BCUT2D eigenvalue weighted by atomic mass is 9.86. The van der Waals surface area contributed by atoms with Crippen molar-refractivity contribution in [3.05, 3.63) is 35.9 Å². The normalized spacial score (nSPS) is 12.6. The first-order chi connectivity index (χ1) is 7.91. The smallest absolute Gasteiger partial charge is 0.222 e. The monoisotopic (exact) mass is 236 g/mol. The molecule has 1 aromatic rings. The molecule has 0 aliphatic rings. The summed E-state index contributed by atoms with van der Waals surface area (Å²) in [6.45, 7) is 11.8. The predicted octanol–water partition coefficient (Wildman–Crippen LogP) is 3.38. The summed E-state index contributed by atoms with van der Waals surface area (Å²) in [5.41, 5.74) is 5.89. The Morgan fingerprint density at radius 2 is 2.29 bits per heavy atom. The van der Waals surface area contributed by atoms with Crippen LogP contribution in [0.25, 0.3) is 0 Å². The average molecular weight is 236 g/mol. The van der Waals surface area contributed by atoms with E-state index in [1.807, 2.05) is 33.8 Å². The molecule has 0 amide bonds. The van der Waals surface area contributed by atoms with Crippen LogP contribution in [0.15, 0.2) is 34.8 Å². The third-order valence-corrected chi connectivity index (χ3v) is 2.70. The molecule has 0 saturated carbocycles. The maximum atomic E-state index is 5.72. The molecule has 1 heterocycles. The van der Waals surface area contributed by atoms with Gasteiger partial charge in [0.2, 0.25) is 5.88 Å². The second-order valence-electron chi connectivity index (χ2n) is 4.39. The van der Waals surface area contributed by atoms with Crippen LogP contribution in [0.4, 0.5) is 5.88 Å². The second kappa shape index (κ2) is 5.08. The average Bonchev–Trinajstić information content (AvgIpc) is 2.72. The summed E-state index contributed by atoms with van der Waals surface area (Å²) in [6, 6.07) is 1.71. The Labute approximate surface area is 102 Å². The van der Waals surface area contributed by atoms with E-state index in [9.17, 15) is 0 Å². The molecule has 4 nitrogen and oxygen atoms in total. The predicted molar refractivity (Wildman–Crippen MR) is 68.2 cm³/mol. The zero-order chi connectivity index (χ0) is 13.1. The number of hydrogen-bond acceptors (Lipinski definition) is 4. The fourth-order valence-electron chi connectivity index (χ4n) is 1.49. The van der Waals surface area contributed by atoms with Gasteiger partial charge in [-0.3, -0.25) is 0 Å². The van der Waals surface area contributed by atoms with Crippen molar-refractivity contribution >= 4 is 5.88 Å². The molecule has 0 aromatic carbocycles. The van der Waals surface area contributed by atoms with E-state index < -0.39 is 5.41 Å². The minimum Gasteiger partial charge on any atom is -0.466 e. The molecule has 4 heteroatoms. The van der Waals surface area contributed by atoms with Crippen LogP contribution in [0, 0.1) is 0 Å². The fourth-order valence-corrected chi connectivity index (χ4v) is 1.49. The van der Waals surface area contributed by atoms with Crippen LogP contribution in [0.3, 0.4) is 0 Å². The van der Waals surface area contributed by atoms with Gasteiger partial charge in [0, 0.05) is 12.5 Å². The Balaban J connectivity index is 2.98. The molecule has 17 heavy (non-hydrogen) atoms. The van der Waals surface area contributed by atoms with E-state index in [2.05, 4.69) is 11.7 Å². The molecule has 0 bridgehead atoms. The molecule has 0 radical (unpaired) electrons. The first-order valence-electron chi connectivity index (χ1n) is 5.66. The van der Waals surface area contributed by atoms with Crippen LogP contribution in [0.1, 0.15) is 39.8 Å². The van der Waals surface area contributed by atoms with Gasteiger partial charge >= 0.3 is 0 Å². The number of aromatic nitrogens is 1. The molecule has 0 aliphatic heterocycles. The molecule has 0 saturated heterocycles. The molecular weight excluding hydrogens is 216 g/mol. The number of nitrogens with two attached hydrogens (primary N) is 1. The van der Waals surface area contributed by atoms with Crippen LogP contribution in [0.5, 0.6) is 0 Å². The minimum atomic E-state index is -0.395. The lowest BCUT2D eigenvalue weighted by molar-refractivity contribution is 0.234. The van der Waals surface area contributed by atoms with Crippen molar-refractivity contribution in [3.63, 3.8) is 0 Å². The Morgan fingerprint density at radius 3 is 2.71 bits per heavy atom. The number of ether oxygens (including phenoxy) is 1. The van der Waals surface area contributed by atoms with Crippen LogP contribution >= 0.6 is 0 Å². The van der Waals surface area contributed by atoms with Crippen LogP contribution in [0.2, 0.25) is 0 Å². The molecule has 1 rings (SSSR count). The number of anilines is 1. The summed E-state index contributed by atoms with van der Waals surface area (Å²) in [7, 11) is 0. The quantitative estimate of drug-likeness (QED) is 0.796. The highest BCUT2D eigenvalue weighted by Gasteiger charge is 2.31. The molecule has 0 unspecified atom stereocenters. The third-order valence-electron chi connectivity index (χ3n) is 2.70. The van der Waals surface area contributed by atoms with Crippen molar-refractivity contribution in [3.8, 4) is 0 Å². The lowest BCUT2D eigenvalue weighted by Crippen LogP contribution is -2.22. The highest BCUT2D eigenvalue weighted by molar-refractivity contribution is 5.33. The number of nitrogens with zero attached hydrogens (tertiary/aromatic N) is 1. The number of hydrogen-bond donors (Lipinski definition) is 1. The van der Waals surface area contributed by atoms with Gasteiger partial charge in [-0.1, -0.05) is 18.7 Å². The van der Waals surface area contributed by atoms with Gasteiger partial charge in [-0.25, -0.2) is 0 Å². The van der Waals surface area contributed by atoms with E-state index in [1.54, 1.807) is 6.07 Å². The van der Waals surface area contributed by atoms with E-state index >= 15 is 0 Å². The fraction of sp³-hybridized carbons (Fsp3) is 0.462. The van der Waals surface area contributed by atoms with Crippen molar-refractivity contribution in [2.45, 2.75) is 39.5 Å². The van der Waals surface area contributed by atoms with Gasteiger partial charge in [0.1, 0.15) is 5.76 Å². The first-order valence-corrected chi connectivity index (χ1v) is 5.66. The largest absolute Gasteiger partial charge is 0.466 e. The van der Waals surface area contributed by atoms with Crippen molar-refractivity contribution in [2.75, 3.05) is 5.73 Å². The molecular formula is C13H20N2O2. The van der Waals surface area contributed by atoms with Gasteiger partial charge in [-0.2, -0.15) is 0 Å². The number of nitrogen functional groups attached to an aromatic ring is 1. The molecule has 0 atom stereocenters. The van der Waals surface area contributed by atoms with E-state index in [4.69, 9.17) is 15.0 Å². The topological polar surface area (TPSA) is 61.3 Å². The van der Waals surface area contributed by atoms with E-state index in [1.165, 1.54) is 0 Å². The standard InChI is InChI=1S/C13H20N2O2/c1-6-9(3)16-11(7-2)13(4,5)10-8-12(14)17-15-10/h7-8H,3,6,14H2,1-2,4-5H3. The molecule has 0 aliphatic carbocycles. The van der Waals surface area contributed by atoms with E-state index in [-0.39, 0.29) is 0 Å². The summed E-state index contributed by atoms with van der Waals surface area (Å²) in [4.78, 5) is 0. The van der Waals surface area contributed by atoms with Crippen LogP contribution in [-0.2, 0) is 10.2 Å². The van der Waals surface area contributed by atoms with Crippen LogP contribution < -0.4 is 5.73 Å². The summed E-state index contributed by atoms with van der Waals surface area (Å²) < 4.78 is 10.6. The van der Waals surface area contributed by atoms with Gasteiger partial charge in [0.15, 0.2) is 0 Å². The highest BCUT2D eigenvalue weighted by Crippen LogP contribution is 2.33. The van der Waals surface area contributed by atoms with Gasteiger partial charge in [0.05, 0.1) is 16.9 Å². The summed E-state index contributed by atoms with van der Waals surface area (Å²) in [5, 5.41) is 3.94. The van der Waals surface area contributed by atoms with Crippen molar-refractivity contribution in [2.24, 2.45) is 0 Å². The Bertz CT molecular complexity index is 430. The van der Waals surface area contributed by atoms with E-state index in [0.717, 1.165) is 23.6 Å². The summed E-state index contributed by atoms with van der Waals surface area (Å²) >= 11 is 0. The van der Waals surface area contributed by atoms with Crippen molar-refractivity contribution < 1.29 is 9.26 Å². The maximum Gasteiger partial charge on any atom is 0.222 e. The third kappa shape index (κ3) is 2.90. The van der Waals surface area contributed by atoms with Crippen molar-refractivity contribution in [1.29, 1.82) is 0 Å². The molecule has 94 valence electrons. The zero-order valence-corrected chi connectivity index (χ0v) is 10.9. The molecule has 2 N–H and O–H groups in total. The van der Waals surface area contributed by atoms with Crippen LogP contribution in [-0.4, -0.2) is 5.16 Å². The Morgan fingerprint density at radius 1 is 1.65 bits per heavy atom. The highest BCUT2D eigenvalue weighted by atomic mass is 16.5. The van der Waals surface area contributed by atoms with Crippen molar-refractivity contribution in [1.82, 2.24) is 5.16 Å². The molecule has 1 aromatic heterocycles. The second-order valence-corrected chi connectivity index (χ2v) is 4.39. The van der Waals surface area contributed by atoms with Gasteiger partial charge in [0.25, 0.3) is 0 Å². The van der Waals surface area contributed by atoms with Gasteiger partial charge in [-0.05, 0) is 26.8 Å². The zero-order valence-electron chi connectivity index (χ0n) is 10.9. The number of allylic oxidation sites excluding steroid dienone is 3. The van der Waals surface area contributed by atoms with Gasteiger partial charge < -0.3 is 15.0 Å². The van der Waals surface area contributed by atoms with E-state index in [0.29, 0.717) is 5.88 Å². The molecule has 0 spiro atoms.